The standard InChI is InChI=1S/2C15H26/c1-6-11(3)8-14-9-13(5)15(10-14)12(4)7-2;1-5-9-10-13-11-12(6-2)14(7-3)15(13)8-4/h6-7,11-15H,1-2,8-10H2,3-5H3;5,7,12-15H,1,3,6,8-11H2,2,4H3. The molecule has 9 atom stereocenters. The first-order chi connectivity index (χ1) is 14.4. The van der Waals surface area contributed by atoms with Crippen molar-refractivity contribution in [2.24, 2.45) is 53.3 Å². The predicted molar refractivity (Wildman–Crippen MR) is 138 cm³/mol. The van der Waals surface area contributed by atoms with Gasteiger partial charge in [0.15, 0.2) is 0 Å². The van der Waals surface area contributed by atoms with Gasteiger partial charge in [0.1, 0.15) is 0 Å². The maximum absolute atomic E-state index is 4.03. The van der Waals surface area contributed by atoms with Gasteiger partial charge in [-0.15, -0.1) is 26.3 Å². The monoisotopic (exact) mass is 412 g/mol. The molecule has 0 heteroatoms. The summed E-state index contributed by atoms with van der Waals surface area (Å²) in [6.07, 6.45) is 19.2. The zero-order valence-corrected chi connectivity index (χ0v) is 21.0. The normalized spacial score (nSPS) is 35.0. The quantitative estimate of drug-likeness (QED) is 0.296. The Balaban J connectivity index is 0.000000300. The molecule has 2 aliphatic carbocycles. The van der Waals surface area contributed by atoms with E-state index in [-0.39, 0.29) is 0 Å². The molecule has 0 spiro atoms. The molecule has 0 nitrogen and oxygen atoms in total. The molecule has 2 aliphatic rings. The highest BCUT2D eigenvalue weighted by molar-refractivity contribution is 4.98. The average Bonchev–Trinajstić information content (AvgIpc) is 3.30. The minimum absolute atomic E-state index is 0.681. The second kappa shape index (κ2) is 14.1. The molecule has 0 aromatic carbocycles. The van der Waals surface area contributed by atoms with Gasteiger partial charge in [-0.25, -0.2) is 0 Å². The summed E-state index contributed by atoms with van der Waals surface area (Å²) in [7, 11) is 0. The van der Waals surface area contributed by atoms with Crippen LogP contribution >= 0.6 is 0 Å². The van der Waals surface area contributed by atoms with Crippen molar-refractivity contribution in [3.05, 3.63) is 50.6 Å². The van der Waals surface area contributed by atoms with Crippen molar-refractivity contribution in [3.63, 3.8) is 0 Å². The maximum atomic E-state index is 4.03. The molecule has 0 aromatic heterocycles. The van der Waals surface area contributed by atoms with Crippen LogP contribution in [0, 0.1) is 53.3 Å². The largest absolute Gasteiger partial charge is 0.103 e. The molecule has 9 unspecified atom stereocenters. The van der Waals surface area contributed by atoms with Crippen LogP contribution in [0.2, 0.25) is 0 Å². The van der Waals surface area contributed by atoms with Crippen molar-refractivity contribution in [2.75, 3.05) is 0 Å². The van der Waals surface area contributed by atoms with Gasteiger partial charge in [0, 0.05) is 0 Å². The molecule has 0 aliphatic heterocycles. The van der Waals surface area contributed by atoms with Gasteiger partial charge in [0.25, 0.3) is 0 Å². The van der Waals surface area contributed by atoms with E-state index in [4.69, 9.17) is 0 Å². The van der Waals surface area contributed by atoms with Gasteiger partial charge in [-0.05, 0) is 91.8 Å². The van der Waals surface area contributed by atoms with Gasteiger partial charge in [-0.1, -0.05) is 71.8 Å². The zero-order valence-electron chi connectivity index (χ0n) is 21.0. The Bertz CT molecular complexity index is 514. The fourth-order valence-electron chi connectivity index (χ4n) is 6.60. The lowest BCUT2D eigenvalue weighted by Crippen LogP contribution is -2.14. The summed E-state index contributed by atoms with van der Waals surface area (Å²) >= 11 is 0. The molecule has 2 rings (SSSR count). The Hall–Kier alpha value is -1.04. The maximum Gasteiger partial charge on any atom is -0.0177 e. The van der Waals surface area contributed by atoms with Crippen LogP contribution in [0.3, 0.4) is 0 Å². The second-order valence-corrected chi connectivity index (χ2v) is 10.4. The van der Waals surface area contributed by atoms with Gasteiger partial charge < -0.3 is 0 Å². The van der Waals surface area contributed by atoms with E-state index in [9.17, 15) is 0 Å². The summed E-state index contributed by atoms with van der Waals surface area (Å²) in [4.78, 5) is 0. The molecule has 30 heavy (non-hydrogen) atoms. The third-order valence-corrected chi connectivity index (χ3v) is 8.46. The molecule has 2 fully saturated rings. The average molecular weight is 413 g/mol. The summed E-state index contributed by atoms with van der Waals surface area (Å²) in [6, 6.07) is 0. The summed E-state index contributed by atoms with van der Waals surface area (Å²) in [5.74, 6) is 7.49. The summed E-state index contributed by atoms with van der Waals surface area (Å²) in [6.45, 7) is 27.3. The van der Waals surface area contributed by atoms with Crippen LogP contribution in [0.25, 0.3) is 0 Å². The molecule has 0 amide bonds. The van der Waals surface area contributed by atoms with Gasteiger partial charge in [0.05, 0.1) is 0 Å². The number of allylic oxidation sites excluding steroid dienone is 4. The van der Waals surface area contributed by atoms with E-state index < -0.39 is 0 Å². The lowest BCUT2D eigenvalue weighted by atomic mass is 9.83. The summed E-state index contributed by atoms with van der Waals surface area (Å²) in [5.41, 5.74) is 0. The van der Waals surface area contributed by atoms with Gasteiger partial charge in [-0.2, -0.15) is 0 Å². The fourth-order valence-corrected chi connectivity index (χ4v) is 6.60. The fraction of sp³-hybridized carbons (Fsp3) is 0.733. The van der Waals surface area contributed by atoms with Crippen molar-refractivity contribution < 1.29 is 0 Å². The van der Waals surface area contributed by atoms with Crippen LogP contribution < -0.4 is 0 Å². The van der Waals surface area contributed by atoms with Gasteiger partial charge >= 0.3 is 0 Å². The van der Waals surface area contributed by atoms with Crippen LogP contribution in [0.1, 0.15) is 86.0 Å². The minimum Gasteiger partial charge on any atom is -0.103 e. The molecule has 0 heterocycles. The molecular formula is C30H52. The number of hydrogen-bond donors (Lipinski definition) is 0. The zero-order chi connectivity index (χ0) is 22.7. The summed E-state index contributed by atoms with van der Waals surface area (Å²) < 4.78 is 0. The Morgan fingerprint density at radius 1 is 0.900 bits per heavy atom. The van der Waals surface area contributed by atoms with E-state index in [1.165, 1.54) is 51.4 Å². The van der Waals surface area contributed by atoms with Crippen molar-refractivity contribution in [1.82, 2.24) is 0 Å². The summed E-state index contributed by atoms with van der Waals surface area (Å²) in [5, 5.41) is 0. The van der Waals surface area contributed by atoms with Crippen molar-refractivity contribution in [3.8, 4) is 0 Å². The lowest BCUT2D eigenvalue weighted by Gasteiger charge is -2.22. The molecule has 0 bridgehead atoms. The van der Waals surface area contributed by atoms with E-state index in [1.54, 1.807) is 0 Å². The Labute approximate surface area is 190 Å². The Morgan fingerprint density at radius 3 is 2.10 bits per heavy atom. The third-order valence-electron chi connectivity index (χ3n) is 8.46. The van der Waals surface area contributed by atoms with Crippen LogP contribution in [0.15, 0.2) is 50.6 Å². The second-order valence-electron chi connectivity index (χ2n) is 10.4. The Morgan fingerprint density at radius 2 is 1.60 bits per heavy atom. The van der Waals surface area contributed by atoms with Gasteiger partial charge in [0.2, 0.25) is 0 Å². The number of rotatable bonds is 11. The van der Waals surface area contributed by atoms with Crippen molar-refractivity contribution >= 4 is 0 Å². The smallest absolute Gasteiger partial charge is 0.0177 e. The predicted octanol–water partition coefficient (Wildman–Crippen LogP) is 9.51. The molecule has 2 saturated carbocycles. The SMILES string of the molecule is C=CC(C)CC1CC(C)C(C(C)C=C)C1.C=CCCC1CC(CC)C(C=C)C1CC. The topological polar surface area (TPSA) is 0 Å². The van der Waals surface area contributed by atoms with E-state index in [1.807, 2.05) is 0 Å². The first-order valence-corrected chi connectivity index (χ1v) is 12.8. The number of hydrogen-bond acceptors (Lipinski definition) is 0. The van der Waals surface area contributed by atoms with Crippen molar-refractivity contribution in [1.29, 1.82) is 0 Å². The van der Waals surface area contributed by atoms with E-state index >= 15 is 0 Å². The molecule has 172 valence electrons. The molecular weight excluding hydrogens is 360 g/mol. The molecule has 0 radical (unpaired) electrons. The molecule has 0 aromatic rings. The highest BCUT2D eigenvalue weighted by atomic mass is 14.4. The van der Waals surface area contributed by atoms with Crippen molar-refractivity contribution in [2.45, 2.75) is 86.0 Å². The van der Waals surface area contributed by atoms with Crippen LogP contribution in [-0.2, 0) is 0 Å². The van der Waals surface area contributed by atoms with Crippen LogP contribution in [0.4, 0.5) is 0 Å². The third kappa shape index (κ3) is 7.58. The first kappa shape index (κ1) is 27.0. The lowest BCUT2D eigenvalue weighted by molar-refractivity contribution is 0.312. The Kier molecular flexibility index (Phi) is 12.7. The minimum atomic E-state index is 0.681. The van der Waals surface area contributed by atoms with E-state index in [2.05, 4.69) is 85.2 Å². The van der Waals surface area contributed by atoms with Crippen LogP contribution in [0.5, 0.6) is 0 Å². The molecule has 0 N–H and O–H groups in total. The van der Waals surface area contributed by atoms with E-state index in [0.29, 0.717) is 11.8 Å². The first-order valence-electron chi connectivity index (χ1n) is 12.8. The van der Waals surface area contributed by atoms with E-state index in [0.717, 1.165) is 41.4 Å². The van der Waals surface area contributed by atoms with Gasteiger partial charge in [-0.3, -0.25) is 0 Å². The highest BCUT2D eigenvalue weighted by Gasteiger charge is 2.38. The molecule has 0 saturated heterocycles. The highest BCUT2D eigenvalue weighted by Crippen LogP contribution is 2.47. The van der Waals surface area contributed by atoms with Crippen LogP contribution in [-0.4, -0.2) is 0 Å².